The van der Waals surface area contributed by atoms with E-state index in [9.17, 15) is 4.79 Å². The van der Waals surface area contributed by atoms with Gasteiger partial charge in [-0.1, -0.05) is 0 Å². The molecule has 1 unspecified atom stereocenters. The van der Waals surface area contributed by atoms with Gasteiger partial charge in [-0.05, 0) is 26.3 Å². The van der Waals surface area contributed by atoms with Crippen molar-refractivity contribution in [2.45, 2.75) is 32.4 Å². The van der Waals surface area contributed by atoms with Crippen molar-refractivity contribution in [2.24, 2.45) is 0 Å². The molecule has 1 atom stereocenters. The monoisotopic (exact) mass is 420 g/mol. The summed E-state index contributed by atoms with van der Waals surface area (Å²) in [5.74, 6) is 0.748. The third kappa shape index (κ3) is 5.11. The van der Waals surface area contributed by atoms with Gasteiger partial charge in [0.15, 0.2) is 5.69 Å². The summed E-state index contributed by atoms with van der Waals surface area (Å²) in [7, 11) is 0. The summed E-state index contributed by atoms with van der Waals surface area (Å²) in [6, 6.07) is 1.95. The first-order chi connectivity index (χ1) is 14.0. The fourth-order valence-corrected chi connectivity index (χ4v) is 4.27. The molecular weight excluding hydrogens is 396 g/mol. The smallest absolute Gasteiger partial charge is 0.290 e. The van der Waals surface area contributed by atoms with Gasteiger partial charge in [-0.15, -0.1) is 0 Å². The Morgan fingerprint density at radius 2 is 2.14 bits per heavy atom. The lowest BCUT2D eigenvalue weighted by Gasteiger charge is -2.40. The minimum atomic E-state index is -0.298. The number of aromatic nitrogens is 4. The Kier molecular flexibility index (Phi) is 6.83. The highest BCUT2D eigenvalue weighted by Gasteiger charge is 2.44. The Morgan fingerprint density at radius 3 is 2.83 bits per heavy atom. The first-order valence-electron chi connectivity index (χ1n) is 9.27. The zero-order valence-electron chi connectivity index (χ0n) is 16.4. The van der Waals surface area contributed by atoms with Crippen LogP contribution in [-0.4, -0.2) is 84.4 Å². The number of amides is 1. The number of likely N-dealkylation sites (tertiary alicyclic amines) is 1. The molecule has 1 N–H and O–H groups in total. The molecule has 4 rings (SSSR count). The molecule has 0 radical (unpaired) electrons. The normalized spacial score (nSPS) is 21.7. The Labute approximate surface area is 172 Å². The summed E-state index contributed by atoms with van der Waals surface area (Å²) in [5.41, 5.74) is 1.89. The largest absolute Gasteiger partial charge is 0.483 e. The van der Waals surface area contributed by atoms with Crippen molar-refractivity contribution in [1.29, 1.82) is 0 Å². The van der Waals surface area contributed by atoms with Crippen LogP contribution in [-0.2, 0) is 16.1 Å². The number of carbonyl (C=O) groups is 2. The summed E-state index contributed by atoms with van der Waals surface area (Å²) in [6.45, 7) is 7.74. The van der Waals surface area contributed by atoms with Gasteiger partial charge in [0.2, 0.25) is 0 Å². The Hall–Kier alpha value is -2.50. The molecule has 1 amide bonds. The number of rotatable bonds is 3. The van der Waals surface area contributed by atoms with Crippen LogP contribution in [0.5, 0.6) is 0 Å². The lowest BCUT2D eigenvalue weighted by atomic mass is 10.0. The fourth-order valence-electron chi connectivity index (χ4n) is 3.73. The fraction of sp³-hybridized carbons (Fsp3) is 0.556. The molecule has 2 aromatic rings. The predicted octanol–water partition coefficient (Wildman–Crippen LogP) is 0.763. The average Bonchev–Trinajstić information content (AvgIpc) is 3.28. The van der Waals surface area contributed by atoms with Crippen molar-refractivity contribution in [3.63, 3.8) is 0 Å². The van der Waals surface area contributed by atoms with Crippen LogP contribution in [0, 0.1) is 13.8 Å². The van der Waals surface area contributed by atoms with Crippen LogP contribution >= 0.6 is 11.7 Å². The van der Waals surface area contributed by atoms with Crippen LogP contribution in [0.15, 0.2) is 12.3 Å². The second-order valence-corrected chi connectivity index (χ2v) is 7.65. The molecule has 29 heavy (non-hydrogen) atoms. The highest BCUT2D eigenvalue weighted by Crippen LogP contribution is 2.30. The van der Waals surface area contributed by atoms with Gasteiger partial charge in [0.25, 0.3) is 12.4 Å². The zero-order valence-corrected chi connectivity index (χ0v) is 17.3. The zero-order chi connectivity index (χ0) is 20.9. The molecule has 2 fully saturated rings. The van der Waals surface area contributed by atoms with Gasteiger partial charge in [-0.25, -0.2) is 9.97 Å². The molecule has 4 heterocycles. The predicted molar refractivity (Wildman–Crippen MR) is 105 cm³/mol. The first-order valence-corrected chi connectivity index (χ1v) is 10.0. The number of morpholine rings is 1. The topological polar surface area (TPSA) is 122 Å². The number of carboxylic acid groups (broad SMARTS) is 1. The molecule has 156 valence electrons. The third-order valence-electron chi connectivity index (χ3n) is 5.01. The van der Waals surface area contributed by atoms with Crippen LogP contribution in [0.2, 0.25) is 0 Å². The second kappa shape index (κ2) is 9.33. The van der Waals surface area contributed by atoms with E-state index in [1.165, 1.54) is 0 Å². The Bertz CT molecular complexity index is 862. The number of nitrogens with zero attached hydrogens (tertiary/aromatic N) is 6. The molecule has 10 nitrogen and oxygen atoms in total. The lowest BCUT2D eigenvalue weighted by Crippen LogP contribution is -2.55. The number of aryl methyl sites for hydroxylation is 2. The van der Waals surface area contributed by atoms with E-state index < -0.39 is 0 Å². The molecule has 11 heteroatoms. The molecule has 0 saturated carbocycles. The van der Waals surface area contributed by atoms with Crippen LogP contribution < -0.4 is 0 Å². The Morgan fingerprint density at radius 1 is 1.34 bits per heavy atom. The minimum Gasteiger partial charge on any atom is -0.483 e. The number of ether oxygens (including phenoxy) is 1. The Balaban J connectivity index is 0.000000755. The molecule has 0 bridgehead atoms. The van der Waals surface area contributed by atoms with Crippen molar-refractivity contribution in [3.8, 4) is 0 Å². The SMILES string of the molecule is Cc1nccc(CN2CCC3(C2)CN(C(=O)c2nsnc2C)CCO3)n1.O=CO. The summed E-state index contributed by atoms with van der Waals surface area (Å²) >= 11 is 1.09. The van der Waals surface area contributed by atoms with Gasteiger partial charge in [-0.2, -0.15) is 8.75 Å². The van der Waals surface area contributed by atoms with Crippen LogP contribution in [0.4, 0.5) is 0 Å². The van der Waals surface area contributed by atoms with Crippen molar-refractivity contribution in [2.75, 3.05) is 32.8 Å². The number of hydrogen-bond donors (Lipinski definition) is 1. The maximum Gasteiger partial charge on any atom is 0.290 e. The van der Waals surface area contributed by atoms with Crippen molar-refractivity contribution >= 4 is 24.1 Å². The molecule has 2 saturated heterocycles. The van der Waals surface area contributed by atoms with Crippen molar-refractivity contribution in [3.05, 3.63) is 35.2 Å². The summed E-state index contributed by atoms with van der Waals surface area (Å²) in [5, 5.41) is 6.89. The molecule has 2 aliphatic rings. The quantitative estimate of drug-likeness (QED) is 0.717. The number of carbonyl (C=O) groups excluding carboxylic acids is 1. The van der Waals surface area contributed by atoms with Gasteiger partial charge in [0, 0.05) is 32.4 Å². The number of hydrogen-bond acceptors (Lipinski definition) is 9. The van der Waals surface area contributed by atoms with E-state index in [-0.39, 0.29) is 18.0 Å². The third-order valence-corrected chi connectivity index (χ3v) is 5.63. The molecule has 0 aliphatic carbocycles. The van der Waals surface area contributed by atoms with E-state index in [1.807, 2.05) is 24.8 Å². The van der Waals surface area contributed by atoms with Gasteiger partial charge in [-0.3, -0.25) is 14.5 Å². The van der Waals surface area contributed by atoms with Crippen LogP contribution in [0.3, 0.4) is 0 Å². The standard InChI is InChI=1S/C17H22N6O2S.CH2O2/c1-12-15(21-26-20-12)16(24)23-7-8-25-17(11-23)4-6-22(10-17)9-14-3-5-18-13(2)19-14;2-1-3/h3,5H,4,6-11H2,1-2H3;1H,(H,2,3). The first kappa shape index (κ1) is 21.2. The van der Waals surface area contributed by atoms with Crippen molar-refractivity contribution < 1.29 is 19.4 Å². The maximum atomic E-state index is 12.8. The second-order valence-electron chi connectivity index (χ2n) is 7.12. The van der Waals surface area contributed by atoms with E-state index in [0.29, 0.717) is 31.1 Å². The summed E-state index contributed by atoms with van der Waals surface area (Å²) in [6.07, 6.45) is 2.71. The molecule has 2 aromatic heterocycles. The van der Waals surface area contributed by atoms with Gasteiger partial charge in [0.1, 0.15) is 5.82 Å². The van der Waals surface area contributed by atoms with E-state index >= 15 is 0 Å². The van der Waals surface area contributed by atoms with Crippen molar-refractivity contribution in [1.82, 2.24) is 28.5 Å². The van der Waals surface area contributed by atoms with Crippen LogP contribution in [0.25, 0.3) is 0 Å². The molecule has 1 spiro atoms. The van der Waals surface area contributed by atoms with E-state index in [4.69, 9.17) is 14.6 Å². The van der Waals surface area contributed by atoms with Gasteiger partial charge >= 0.3 is 0 Å². The van der Waals surface area contributed by atoms with E-state index in [1.54, 1.807) is 6.20 Å². The lowest BCUT2D eigenvalue weighted by molar-refractivity contribution is -0.122. The van der Waals surface area contributed by atoms with E-state index in [0.717, 1.165) is 49.3 Å². The molecule has 2 aliphatic heterocycles. The van der Waals surface area contributed by atoms with Crippen LogP contribution in [0.1, 0.15) is 34.1 Å². The maximum absolute atomic E-state index is 12.8. The summed E-state index contributed by atoms with van der Waals surface area (Å²) < 4.78 is 14.4. The highest BCUT2D eigenvalue weighted by molar-refractivity contribution is 6.99. The molecule has 0 aromatic carbocycles. The summed E-state index contributed by atoms with van der Waals surface area (Å²) in [4.78, 5) is 34.0. The highest BCUT2D eigenvalue weighted by atomic mass is 32.1. The molecular formula is C18H24N6O4S. The van der Waals surface area contributed by atoms with E-state index in [2.05, 4.69) is 23.6 Å². The average molecular weight is 420 g/mol. The van der Waals surface area contributed by atoms with Gasteiger partial charge < -0.3 is 14.7 Å². The van der Waals surface area contributed by atoms with Gasteiger partial charge in [0.05, 0.1) is 41.9 Å². The minimum absolute atomic E-state index is 0.0381.